The summed E-state index contributed by atoms with van der Waals surface area (Å²) in [5, 5.41) is 13.8. The van der Waals surface area contributed by atoms with E-state index in [1.165, 1.54) is 11.8 Å². The summed E-state index contributed by atoms with van der Waals surface area (Å²) in [4.78, 5) is 16.4. The number of hydrogen-bond acceptors (Lipinski definition) is 4. The SMILES string of the molecule is CC[C@@H](C)NC(=O)CSc1nc2ccc(C)cc2cc1C#N. The maximum absolute atomic E-state index is 11.9. The summed E-state index contributed by atoms with van der Waals surface area (Å²) < 4.78 is 0. The number of amides is 1. The van der Waals surface area contributed by atoms with E-state index in [9.17, 15) is 10.1 Å². The summed E-state index contributed by atoms with van der Waals surface area (Å²) in [5.74, 6) is 0.234. The van der Waals surface area contributed by atoms with Crippen molar-refractivity contribution in [2.75, 3.05) is 5.75 Å². The predicted molar refractivity (Wildman–Crippen MR) is 89.8 cm³/mol. The average Bonchev–Trinajstić information content (AvgIpc) is 2.51. The van der Waals surface area contributed by atoms with E-state index in [1.807, 2.05) is 45.0 Å². The summed E-state index contributed by atoms with van der Waals surface area (Å²) in [6.45, 7) is 6.01. The van der Waals surface area contributed by atoms with Gasteiger partial charge in [-0.05, 0) is 38.5 Å². The first-order valence-corrected chi connectivity index (χ1v) is 8.25. The highest BCUT2D eigenvalue weighted by molar-refractivity contribution is 8.00. The number of aromatic nitrogens is 1. The Balaban J connectivity index is 2.18. The number of aryl methyl sites for hydroxylation is 1. The van der Waals surface area contributed by atoms with E-state index in [2.05, 4.69) is 16.4 Å². The van der Waals surface area contributed by atoms with Crippen LogP contribution in [0.2, 0.25) is 0 Å². The van der Waals surface area contributed by atoms with E-state index in [4.69, 9.17) is 0 Å². The molecule has 0 radical (unpaired) electrons. The maximum atomic E-state index is 11.9. The van der Waals surface area contributed by atoms with E-state index >= 15 is 0 Å². The summed E-state index contributed by atoms with van der Waals surface area (Å²) in [7, 11) is 0. The molecule has 0 unspecified atom stereocenters. The van der Waals surface area contributed by atoms with Gasteiger partial charge in [0.15, 0.2) is 0 Å². The maximum Gasteiger partial charge on any atom is 0.230 e. The van der Waals surface area contributed by atoms with Gasteiger partial charge in [-0.25, -0.2) is 4.98 Å². The Bertz CT molecular complexity index is 736. The molecule has 1 aromatic heterocycles. The Hall–Kier alpha value is -2.06. The number of hydrogen-bond donors (Lipinski definition) is 1. The number of carbonyl (C=O) groups excluding carboxylic acids is 1. The molecule has 0 fully saturated rings. The molecule has 22 heavy (non-hydrogen) atoms. The summed E-state index contributed by atoms with van der Waals surface area (Å²) >= 11 is 1.31. The molecule has 0 saturated heterocycles. The topological polar surface area (TPSA) is 65.8 Å². The number of benzene rings is 1. The van der Waals surface area contributed by atoms with Crippen LogP contribution in [0.5, 0.6) is 0 Å². The van der Waals surface area contributed by atoms with Gasteiger partial charge in [-0.2, -0.15) is 5.26 Å². The smallest absolute Gasteiger partial charge is 0.230 e. The fourth-order valence-corrected chi connectivity index (χ4v) is 2.79. The minimum atomic E-state index is -0.0333. The number of thioether (sulfide) groups is 1. The van der Waals surface area contributed by atoms with Gasteiger partial charge in [0.25, 0.3) is 0 Å². The molecule has 114 valence electrons. The lowest BCUT2D eigenvalue weighted by Gasteiger charge is -2.11. The Morgan fingerprint density at radius 3 is 2.91 bits per heavy atom. The zero-order chi connectivity index (χ0) is 16.1. The second-order valence-electron chi connectivity index (χ2n) is 5.31. The number of carbonyl (C=O) groups is 1. The third kappa shape index (κ3) is 3.99. The number of pyridine rings is 1. The second kappa shape index (κ2) is 7.28. The van der Waals surface area contributed by atoms with Crippen LogP contribution in [0.3, 0.4) is 0 Å². The van der Waals surface area contributed by atoms with E-state index in [0.717, 1.165) is 22.9 Å². The Morgan fingerprint density at radius 1 is 1.45 bits per heavy atom. The van der Waals surface area contributed by atoms with Crippen LogP contribution in [-0.2, 0) is 4.79 Å². The first-order valence-electron chi connectivity index (χ1n) is 7.27. The monoisotopic (exact) mass is 313 g/mol. The molecule has 1 atom stereocenters. The van der Waals surface area contributed by atoms with Gasteiger partial charge in [-0.15, -0.1) is 0 Å². The standard InChI is InChI=1S/C17H19N3OS/c1-4-12(3)19-16(21)10-22-17-14(9-18)8-13-7-11(2)5-6-15(13)20-17/h5-8,12H,4,10H2,1-3H3,(H,19,21)/t12-/m1/s1. The second-order valence-corrected chi connectivity index (χ2v) is 6.28. The van der Waals surface area contributed by atoms with E-state index < -0.39 is 0 Å². The fraction of sp³-hybridized carbons (Fsp3) is 0.353. The van der Waals surface area contributed by atoms with Crippen LogP contribution >= 0.6 is 11.8 Å². The van der Waals surface area contributed by atoms with Crippen molar-refractivity contribution >= 4 is 28.6 Å². The third-order valence-electron chi connectivity index (χ3n) is 3.42. The third-order valence-corrected chi connectivity index (χ3v) is 4.41. The molecule has 1 N–H and O–H groups in total. The normalized spacial score (nSPS) is 11.9. The van der Waals surface area contributed by atoms with Crippen molar-refractivity contribution in [2.45, 2.75) is 38.3 Å². The zero-order valence-electron chi connectivity index (χ0n) is 13.0. The summed E-state index contributed by atoms with van der Waals surface area (Å²) in [6.07, 6.45) is 0.896. The number of fused-ring (bicyclic) bond motifs is 1. The van der Waals surface area contributed by atoms with Crippen LogP contribution in [0.15, 0.2) is 29.3 Å². The molecule has 0 aliphatic carbocycles. The lowest BCUT2D eigenvalue weighted by molar-refractivity contribution is -0.119. The quantitative estimate of drug-likeness (QED) is 0.859. The van der Waals surface area contributed by atoms with E-state index in [1.54, 1.807) is 0 Å². The van der Waals surface area contributed by atoms with E-state index in [0.29, 0.717) is 10.6 Å². The van der Waals surface area contributed by atoms with Gasteiger partial charge in [0.2, 0.25) is 5.91 Å². The Morgan fingerprint density at radius 2 is 2.23 bits per heavy atom. The summed E-state index contributed by atoms with van der Waals surface area (Å²) in [6, 6.07) is 10.1. The highest BCUT2D eigenvalue weighted by atomic mass is 32.2. The molecule has 0 aliphatic heterocycles. The van der Waals surface area contributed by atoms with Crippen molar-refractivity contribution in [3.8, 4) is 6.07 Å². The van der Waals surface area contributed by atoms with Crippen LogP contribution < -0.4 is 5.32 Å². The van der Waals surface area contributed by atoms with Crippen LogP contribution in [0.1, 0.15) is 31.4 Å². The van der Waals surface area contributed by atoms with Crippen LogP contribution in [0.4, 0.5) is 0 Å². The number of nitrogens with zero attached hydrogens (tertiary/aromatic N) is 2. The Kier molecular flexibility index (Phi) is 5.40. The van der Waals surface area contributed by atoms with Crippen LogP contribution in [-0.4, -0.2) is 22.7 Å². The molecule has 4 nitrogen and oxygen atoms in total. The average molecular weight is 313 g/mol. The van der Waals surface area contributed by atoms with Crippen molar-refractivity contribution in [1.82, 2.24) is 10.3 Å². The predicted octanol–water partition coefficient (Wildman–Crippen LogP) is 3.42. The molecule has 1 aromatic carbocycles. The molecule has 2 rings (SSSR count). The number of nitrogens with one attached hydrogen (secondary N) is 1. The fourth-order valence-electron chi connectivity index (χ4n) is 2.02. The number of nitriles is 1. The van der Waals surface area contributed by atoms with Crippen molar-refractivity contribution in [2.24, 2.45) is 0 Å². The molecule has 2 aromatic rings. The molecule has 0 saturated carbocycles. The first kappa shape index (κ1) is 16.3. The van der Waals surface area contributed by atoms with Crippen molar-refractivity contribution in [3.63, 3.8) is 0 Å². The van der Waals surface area contributed by atoms with Gasteiger partial charge in [-0.3, -0.25) is 4.79 Å². The van der Waals surface area contributed by atoms with Crippen LogP contribution in [0, 0.1) is 18.3 Å². The van der Waals surface area contributed by atoms with Gasteiger partial charge < -0.3 is 5.32 Å². The lowest BCUT2D eigenvalue weighted by Crippen LogP contribution is -2.33. The molecular weight excluding hydrogens is 294 g/mol. The van der Waals surface area contributed by atoms with Crippen LogP contribution in [0.25, 0.3) is 10.9 Å². The van der Waals surface area contributed by atoms with Crippen molar-refractivity contribution < 1.29 is 4.79 Å². The van der Waals surface area contributed by atoms with Crippen molar-refractivity contribution in [3.05, 3.63) is 35.4 Å². The lowest BCUT2D eigenvalue weighted by atomic mass is 10.1. The molecule has 0 aliphatic rings. The molecule has 5 heteroatoms. The summed E-state index contributed by atoms with van der Waals surface area (Å²) in [5.41, 5.74) is 2.49. The first-order chi connectivity index (χ1) is 10.5. The highest BCUT2D eigenvalue weighted by Gasteiger charge is 2.11. The minimum absolute atomic E-state index is 0.0333. The Labute approximate surface area is 134 Å². The van der Waals surface area contributed by atoms with Gasteiger partial charge >= 0.3 is 0 Å². The molecule has 0 bridgehead atoms. The largest absolute Gasteiger partial charge is 0.353 e. The molecule has 0 spiro atoms. The van der Waals surface area contributed by atoms with E-state index in [-0.39, 0.29) is 17.7 Å². The molecular formula is C17H19N3OS. The highest BCUT2D eigenvalue weighted by Crippen LogP contribution is 2.25. The van der Waals surface area contributed by atoms with Gasteiger partial charge in [0, 0.05) is 11.4 Å². The molecule has 1 heterocycles. The van der Waals surface area contributed by atoms with Gasteiger partial charge in [-0.1, -0.05) is 30.3 Å². The minimum Gasteiger partial charge on any atom is -0.353 e. The van der Waals surface area contributed by atoms with Crippen molar-refractivity contribution in [1.29, 1.82) is 5.26 Å². The van der Waals surface area contributed by atoms with Gasteiger partial charge in [0.1, 0.15) is 11.1 Å². The zero-order valence-corrected chi connectivity index (χ0v) is 13.8. The van der Waals surface area contributed by atoms with Gasteiger partial charge in [0.05, 0.1) is 16.8 Å². The molecule has 1 amide bonds. The number of rotatable bonds is 5.